The molecule has 0 saturated carbocycles. The maximum Gasteiger partial charge on any atom is -0.0213 e. The first-order valence-corrected chi connectivity index (χ1v) is 8.48. The van der Waals surface area contributed by atoms with Crippen LogP contribution in [0.4, 0.5) is 0 Å². The number of benzene rings is 1. The molecular formula is C20H32. The maximum atomic E-state index is 2.38. The summed E-state index contributed by atoms with van der Waals surface area (Å²) in [5.74, 6) is 2.57. The monoisotopic (exact) mass is 272 g/mol. The zero-order valence-corrected chi connectivity index (χ0v) is 14.7. The van der Waals surface area contributed by atoms with Crippen molar-refractivity contribution in [3.8, 4) is 0 Å². The third kappa shape index (κ3) is 2.32. The molecule has 0 fully saturated rings. The van der Waals surface area contributed by atoms with E-state index in [0.29, 0.717) is 23.7 Å². The van der Waals surface area contributed by atoms with Crippen LogP contribution in [0.25, 0.3) is 0 Å². The summed E-state index contributed by atoms with van der Waals surface area (Å²) in [7, 11) is 0. The Kier molecular flexibility index (Phi) is 4.33. The van der Waals surface area contributed by atoms with Crippen LogP contribution in [-0.2, 0) is 12.8 Å². The van der Waals surface area contributed by atoms with Gasteiger partial charge < -0.3 is 0 Å². The molecule has 2 rings (SSSR count). The fourth-order valence-electron chi connectivity index (χ4n) is 4.15. The minimum absolute atomic E-state index is 0.633. The van der Waals surface area contributed by atoms with Gasteiger partial charge in [0.05, 0.1) is 0 Å². The zero-order valence-electron chi connectivity index (χ0n) is 14.7. The lowest BCUT2D eigenvalue weighted by molar-refractivity contribution is 0.667. The van der Waals surface area contributed by atoms with Gasteiger partial charge >= 0.3 is 0 Å². The van der Waals surface area contributed by atoms with E-state index in [4.69, 9.17) is 0 Å². The number of hydrogen-bond donors (Lipinski definition) is 0. The molecule has 1 aromatic rings. The Morgan fingerprint density at radius 1 is 0.450 bits per heavy atom. The highest BCUT2D eigenvalue weighted by Crippen LogP contribution is 2.46. The molecule has 0 nitrogen and oxygen atoms in total. The first-order chi connectivity index (χ1) is 9.27. The van der Waals surface area contributed by atoms with Gasteiger partial charge in [0.25, 0.3) is 0 Å². The number of hydrogen-bond acceptors (Lipinski definition) is 0. The SMILES string of the molecule is CC(C)c1c2c(c(C(C)C)c(C(C)C)c1C(C)C)CC2. The highest BCUT2D eigenvalue weighted by atomic mass is 14.4. The predicted molar refractivity (Wildman–Crippen MR) is 90.2 cm³/mol. The standard InChI is InChI=1S/C20H32/c1-11(2)17-15-9-10-16(15)18(12(3)4)20(14(7)8)19(17)13(5)6/h11-14H,9-10H2,1-8H3. The van der Waals surface area contributed by atoms with Gasteiger partial charge in [-0.25, -0.2) is 0 Å². The molecule has 0 radical (unpaired) electrons. The first kappa shape index (κ1) is 15.6. The van der Waals surface area contributed by atoms with Crippen LogP contribution < -0.4 is 0 Å². The highest BCUT2D eigenvalue weighted by molar-refractivity contribution is 5.59. The molecule has 0 heteroatoms. The summed E-state index contributed by atoms with van der Waals surface area (Å²) in [5.41, 5.74) is 10.1. The molecule has 0 aromatic heterocycles. The first-order valence-electron chi connectivity index (χ1n) is 8.48. The van der Waals surface area contributed by atoms with E-state index in [0.717, 1.165) is 0 Å². The third-order valence-electron chi connectivity index (χ3n) is 4.82. The largest absolute Gasteiger partial charge is 0.0587 e. The van der Waals surface area contributed by atoms with Crippen molar-refractivity contribution in [1.29, 1.82) is 0 Å². The van der Waals surface area contributed by atoms with Gasteiger partial charge in [0.15, 0.2) is 0 Å². The predicted octanol–water partition coefficient (Wildman–Crippen LogP) is 6.28. The van der Waals surface area contributed by atoms with Crippen molar-refractivity contribution < 1.29 is 0 Å². The Hall–Kier alpha value is -0.780. The van der Waals surface area contributed by atoms with Gasteiger partial charge in [0.2, 0.25) is 0 Å². The average Bonchev–Trinajstić information content (AvgIpc) is 2.27. The minimum atomic E-state index is 0.633. The van der Waals surface area contributed by atoms with Crippen molar-refractivity contribution >= 4 is 0 Å². The molecule has 0 unspecified atom stereocenters. The van der Waals surface area contributed by atoms with Gasteiger partial charge in [-0.1, -0.05) is 55.4 Å². The van der Waals surface area contributed by atoms with Crippen molar-refractivity contribution in [2.45, 2.75) is 91.9 Å². The number of rotatable bonds is 4. The average molecular weight is 272 g/mol. The van der Waals surface area contributed by atoms with Crippen molar-refractivity contribution in [2.24, 2.45) is 0 Å². The van der Waals surface area contributed by atoms with Crippen molar-refractivity contribution in [2.75, 3.05) is 0 Å². The van der Waals surface area contributed by atoms with Crippen LogP contribution >= 0.6 is 0 Å². The van der Waals surface area contributed by atoms with Crippen LogP contribution in [0.1, 0.15) is 112 Å². The fourth-order valence-corrected chi connectivity index (χ4v) is 4.15. The van der Waals surface area contributed by atoms with E-state index in [-0.39, 0.29) is 0 Å². The minimum Gasteiger partial charge on any atom is -0.0587 e. The van der Waals surface area contributed by atoms with Gasteiger partial charge in [0, 0.05) is 0 Å². The Labute approximate surface area is 126 Å². The Bertz CT molecular complexity index is 455. The Morgan fingerprint density at radius 3 is 0.850 bits per heavy atom. The van der Waals surface area contributed by atoms with Gasteiger partial charge in [0.1, 0.15) is 0 Å². The second-order valence-electron chi connectivity index (χ2n) is 7.73. The summed E-state index contributed by atoms with van der Waals surface area (Å²) in [4.78, 5) is 0. The molecule has 0 heterocycles. The van der Waals surface area contributed by atoms with Crippen molar-refractivity contribution in [3.63, 3.8) is 0 Å². The van der Waals surface area contributed by atoms with Crippen LogP contribution in [0.5, 0.6) is 0 Å². The van der Waals surface area contributed by atoms with Gasteiger partial charge in [-0.15, -0.1) is 0 Å². The van der Waals surface area contributed by atoms with Gasteiger partial charge in [-0.3, -0.25) is 0 Å². The molecule has 1 aliphatic rings. The van der Waals surface area contributed by atoms with Gasteiger partial charge in [-0.2, -0.15) is 0 Å². The molecule has 1 aliphatic carbocycles. The normalized spacial score (nSPS) is 14.4. The Morgan fingerprint density at radius 2 is 0.700 bits per heavy atom. The molecule has 0 amide bonds. The lowest BCUT2D eigenvalue weighted by atomic mass is 9.68. The van der Waals surface area contributed by atoms with Gasteiger partial charge in [-0.05, 0) is 69.9 Å². The molecule has 0 spiro atoms. The van der Waals surface area contributed by atoms with Crippen LogP contribution in [0.2, 0.25) is 0 Å². The molecule has 1 aromatic carbocycles. The number of fused-ring (bicyclic) bond motifs is 1. The summed E-state index contributed by atoms with van der Waals surface area (Å²) < 4.78 is 0. The van der Waals surface area contributed by atoms with E-state index in [2.05, 4.69) is 55.4 Å². The quantitative estimate of drug-likeness (QED) is 0.605. The molecule has 0 N–H and O–H groups in total. The lowest BCUT2D eigenvalue weighted by Gasteiger charge is -2.37. The summed E-state index contributed by atoms with van der Waals surface area (Å²) in [5, 5.41) is 0. The second kappa shape index (κ2) is 5.54. The maximum absolute atomic E-state index is 2.38. The topological polar surface area (TPSA) is 0 Å². The summed E-state index contributed by atoms with van der Waals surface area (Å²) >= 11 is 0. The van der Waals surface area contributed by atoms with E-state index in [1.54, 1.807) is 33.4 Å². The van der Waals surface area contributed by atoms with Crippen LogP contribution in [0.3, 0.4) is 0 Å². The third-order valence-corrected chi connectivity index (χ3v) is 4.82. The van der Waals surface area contributed by atoms with Crippen molar-refractivity contribution in [1.82, 2.24) is 0 Å². The molecule has 0 aliphatic heterocycles. The van der Waals surface area contributed by atoms with E-state index >= 15 is 0 Å². The summed E-state index contributed by atoms with van der Waals surface area (Å²) in [6, 6.07) is 0. The molecule has 0 bridgehead atoms. The fraction of sp³-hybridized carbons (Fsp3) is 0.700. The van der Waals surface area contributed by atoms with E-state index in [1.165, 1.54) is 12.8 Å². The van der Waals surface area contributed by atoms with E-state index < -0.39 is 0 Å². The molecule has 112 valence electrons. The lowest BCUT2D eigenvalue weighted by Crippen LogP contribution is -2.23. The smallest absolute Gasteiger partial charge is 0.0213 e. The summed E-state index contributed by atoms with van der Waals surface area (Å²) in [6.07, 6.45) is 2.61. The molecule has 0 atom stereocenters. The Balaban J connectivity index is 2.87. The molecule has 20 heavy (non-hydrogen) atoms. The van der Waals surface area contributed by atoms with E-state index in [9.17, 15) is 0 Å². The zero-order chi connectivity index (χ0) is 15.2. The molecule has 0 saturated heterocycles. The van der Waals surface area contributed by atoms with Crippen LogP contribution in [-0.4, -0.2) is 0 Å². The summed E-state index contributed by atoms with van der Waals surface area (Å²) in [6.45, 7) is 19.0. The van der Waals surface area contributed by atoms with Crippen molar-refractivity contribution in [3.05, 3.63) is 33.4 Å². The molecular weight excluding hydrogens is 240 g/mol. The van der Waals surface area contributed by atoms with E-state index in [1.807, 2.05) is 0 Å². The van der Waals surface area contributed by atoms with Crippen LogP contribution in [0.15, 0.2) is 0 Å². The second-order valence-corrected chi connectivity index (χ2v) is 7.73. The highest BCUT2D eigenvalue weighted by Gasteiger charge is 2.31. The van der Waals surface area contributed by atoms with Crippen LogP contribution in [0, 0.1) is 0 Å².